The monoisotopic (exact) mass is 309 g/mol. The number of aliphatic carboxylic acids is 1. The largest absolute Gasteiger partial charge is 0.480 e. The lowest BCUT2D eigenvalue weighted by Crippen LogP contribution is -2.46. The van der Waals surface area contributed by atoms with Crippen LogP contribution in [0.1, 0.15) is 15.6 Å². The molecule has 2 aromatic rings. The first kappa shape index (κ1) is 15.0. The van der Waals surface area contributed by atoms with E-state index in [1.165, 1.54) is 23.9 Å². The number of carbonyl (C=O) groups excluding carboxylic acids is 1. The predicted molar refractivity (Wildman–Crippen MR) is 75.9 cm³/mol. The van der Waals surface area contributed by atoms with Gasteiger partial charge in [-0.25, -0.2) is 19.6 Å². The van der Waals surface area contributed by atoms with Crippen LogP contribution >= 0.6 is 11.3 Å². The zero-order valence-corrected chi connectivity index (χ0v) is 12.1. The summed E-state index contributed by atoms with van der Waals surface area (Å²) in [5, 5.41) is 15.1. The Bertz CT molecular complexity index is 610. The fourth-order valence-corrected chi connectivity index (χ4v) is 2.41. The summed E-state index contributed by atoms with van der Waals surface area (Å²) in [6.45, 7) is 2.19. The summed E-state index contributed by atoms with van der Waals surface area (Å²) >= 11 is 1.48. The number of hydrogen-bond donors (Lipinski definition) is 4. The van der Waals surface area contributed by atoms with Crippen molar-refractivity contribution in [2.45, 2.75) is 25.9 Å². The number of nitrogens with one attached hydrogen (secondary N) is 3. The topological polar surface area (TPSA) is 120 Å². The molecule has 1 unspecified atom stereocenters. The van der Waals surface area contributed by atoms with Gasteiger partial charge >= 0.3 is 12.0 Å². The molecule has 0 aliphatic carbocycles. The van der Waals surface area contributed by atoms with Crippen molar-refractivity contribution < 1.29 is 14.7 Å². The van der Waals surface area contributed by atoms with Crippen molar-refractivity contribution in [3.05, 3.63) is 34.3 Å². The Balaban J connectivity index is 1.84. The van der Waals surface area contributed by atoms with Crippen LogP contribution in [0.25, 0.3) is 0 Å². The summed E-state index contributed by atoms with van der Waals surface area (Å²) in [5.74, 6) is -1.10. The Morgan fingerprint density at radius 3 is 2.86 bits per heavy atom. The van der Waals surface area contributed by atoms with Crippen LogP contribution in [0.15, 0.2) is 18.7 Å². The highest BCUT2D eigenvalue weighted by molar-refractivity contribution is 7.11. The first-order chi connectivity index (χ1) is 10.0. The highest BCUT2D eigenvalue weighted by Crippen LogP contribution is 2.10. The molecule has 2 rings (SSSR count). The molecule has 0 spiro atoms. The van der Waals surface area contributed by atoms with E-state index in [9.17, 15) is 9.59 Å². The molecule has 112 valence electrons. The van der Waals surface area contributed by atoms with Gasteiger partial charge in [-0.3, -0.25) is 0 Å². The van der Waals surface area contributed by atoms with Crippen molar-refractivity contribution in [1.82, 2.24) is 25.6 Å². The average Bonchev–Trinajstić information content (AvgIpc) is 3.07. The number of imidazole rings is 1. The van der Waals surface area contributed by atoms with Gasteiger partial charge in [0.1, 0.15) is 6.04 Å². The molecule has 2 aromatic heterocycles. The van der Waals surface area contributed by atoms with Crippen molar-refractivity contribution >= 4 is 23.3 Å². The lowest BCUT2D eigenvalue weighted by Gasteiger charge is -2.14. The number of hydrogen-bond acceptors (Lipinski definition) is 5. The van der Waals surface area contributed by atoms with Gasteiger partial charge in [0.15, 0.2) is 0 Å². The van der Waals surface area contributed by atoms with Crippen molar-refractivity contribution in [2.75, 3.05) is 0 Å². The molecule has 0 fully saturated rings. The van der Waals surface area contributed by atoms with Crippen LogP contribution in [0.4, 0.5) is 4.79 Å². The molecular formula is C12H15N5O3S. The van der Waals surface area contributed by atoms with Crippen LogP contribution in [-0.2, 0) is 17.8 Å². The van der Waals surface area contributed by atoms with Crippen LogP contribution in [0, 0.1) is 6.92 Å². The first-order valence-electron chi connectivity index (χ1n) is 6.20. The van der Waals surface area contributed by atoms with E-state index in [2.05, 4.69) is 25.6 Å². The van der Waals surface area contributed by atoms with E-state index in [0.717, 1.165) is 9.88 Å². The summed E-state index contributed by atoms with van der Waals surface area (Å²) < 4.78 is 0. The molecule has 0 saturated heterocycles. The Morgan fingerprint density at radius 1 is 1.48 bits per heavy atom. The molecule has 0 radical (unpaired) electrons. The van der Waals surface area contributed by atoms with Crippen molar-refractivity contribution in [3.8, 4) is 0 Å². The number of carboxylic acid groups (broad SMARTS) is 1. The summed E-state index contributed by atoms with van der Waals surface area (Å²) in [6.07, 6.45) is 4.80. The molecule has 21 heavy (non-hydrogen) atoms. The maximum atomic E-state index is 11.7. The second-order valence-corrected chi connectivity index (χ2v) is 5.66. The summed E-state index contributed by atoms with van der Waals surface area (Å²) in [7, 11) is 0. The molecule has 4 N–H and O–H groups in total. The minimum absolute atomic E-state index is 0.141. The first-order valence-corrected chi connectivity index (χ1v) is 7.02. The lowest BCUT2D eigenvalue weighted by molar-refractivity contribution is -0.139. The Hall–Kier alpha value is -2.42. The smallest absolute Gasteiger partial charge is 0.326 e. The standard InChI is InChI=1S/C12H15N5O3S/c1-7-14-4-9(21-7)5-15-12(20)17-10(11(18)19)2-8-3-13-6-16-8/h3-4,6,10H,2,5H2,1H3,(H,13,16)(H,18,19)(H2,15,17,20). The third-order valence-corrected chi connectivity index (χ3v) is 3.59. The van der Waals surface area contributed by atoms with Gasteiger partial charge in [0.05, 0.1) is 17.9 Å². The molecule has 0 aliphatic heterocycles. The number of nitrogens with zero attached hydrogens (tertiary/aromatic N) is 2. The number of urea groups is 1. The average molecular weight is 309 g/mol. The summed E-state index contributed by atoms with van der Waals surface area (Å²) in [6, 6.07) is -1.55. The van der Waals surface area contributed by atoms with E-state index in [1.807, 2.05) is 6.92 Å². The predicted octanol–water partition coefficient (Wildman–Crippen LogP) is 0.670. The minimum Gasteiger partial charge on any atom is -0.480 e. The Labute approximate surface area is 124 Å². The van der Waals surface area contributed by atoms with E-state index in [4.69, 9.17) is 5.11 Å². The Kier molecular flexibility index (Phi) is 4.88. The normalized spacial score (nSPS) is 11.9. The van der Waals surface area contributed by atoms with Crippen LogP contribution < -0.4 is 10.6 Å². The maximum Gasteiger partial charge on any atom is 0.326 e. The number of H-pyrrole nitrogens is 1. The second-order valence-electron chi connectivity index (χ2n) is 4.34. The molecule has 1 atom stereocenters. The second kappa shape index (κ2) is 6.84. The highest BCUT2D eigenvalue weighted by Gasteiger charge is 2.20. The molecule has 2 heterocycles. The molecule has 0 aliphatic rings. The van der Waals surface area contributed by atoms with E-state index < -0.39 is 18.0 Å². The van der Waals surface area contributed by atoms with Gasteiger partial charge in [-0.05, 0) is 6.92 Å². The number of carboxylic acids is 1. The number of amides is 2. The molecule has 8 nitrogen and oxygen atoms in total. The number of aryl methyl sites for hydroxylation is 1. The van der Waals surface area contributed by atoms with Gasteiger partial charge in [0, 0.05) is 29.4 Å². The van der Waals surface area contributed by atoms with Crippen LogP contribution in [0.3, 0.4) is 0 Å². The van der Waals surface area contributed by atoms with Crippen molar-refractivity contribution in [1.29, 1.82) is 0 Å². The molecule has 9 heteroatoms. The lowest BCUT2D eigenvalue weighted by atomic mass is 10.2. The van der Waals surface area contributed by atoms with Crippen LogP contribution in [0.2, 0.25) is 0 Å². The van der Waals surface area contributed by atoms with Gasteiger partial charge in [-0.2, -0.15) is 0 Å². The molecule has 2 amide bonds. The zero-order valence-electron chi connectivity index (χ0n) is 11.3. The van der Waals surface area contributed by atoms with Crippen molar-refractivity contribution in [3.63, 3.8) is 0 Å². The third-order valence-electron chi connectivity index (χ3n) is 2.67. The molecule has 0 aromatic carbocycles. The van der Waals surface area contributed by atoms with Gasteiger partial charge < -0.3 is 20.7 Å². The molecule has 0 bridgehead atoms. The van der Waals surface area contributed by atoms with Gasteiger partial charge in [-0.1, -0.05) is 0 Å². The number of carbonyl (C=O) groups is 2. The van der Waals surface area contributed by atoms with E-state index in [0.29, 0.717) is 12.2 Å². The minimum atomic E-state index is -1.10. The van der Waals surface area contributed by atoms with Gasteiger partial charge in [-0.15, -0.1) is 11.3 Å². The number of rotatable bonds is 6. The van der Waals surface area contributed by atoms with Crippen LogP contribution in [0.5, 0.6) is 0 Å². The zero-order chi connectivity index (χ0) is 15.2. The van der Waals surface area contributed by atoms with E-state index >= 15 is 0 Å². The number of aromatic amines is 1. The highest BCUT2D eigenvalue weighted by atomic mass is 32.1. The fourth-order valence-electron chi connectivity index (χ4n) is 1.68. The molecular weight excluding hydrogens is 294 g/mol. The number of thiazole rings is 1. The van der Waals surface area contributed by atoms with Gasteiger partial charge in [0.25, 0.3) is 0 Å². The van der Waals surface area contributed by atoms with E-state index in [1.54, 1.807) is 6.20 Å². The van der Waals surface area contributed by atoms with E-state index in [-0.39, 0.29) is 6.42 Å². The SMILES string of the molecule is Cc1ncc(CNC(=O)NC(Cc2cnc[nH]2)C(=O)O)s1. The van der Waals surface area contributed by atoms with Crippen LogP contribution in [-0.4, -0.2) is 38.1 Å². The fraction of sp³-hybridized carbons (Fsp3) is 0.333. The van der Waals surface area contributed by atoms with Crippen molar-refractivity contribution in [2.24, 2.45) is 0 Å². The molecule has 0 saturated carbocycles. The number of aromatic nitrogens is 3. The maximum absolute atomic E-state index is 11.7. The summed E-state index contributed by atoms with van der Waals surface area (Å²) in [4.78, 5) is 34.5. The Morgan fingerprint density at radius 2 is 2.29 bits per heavy atom. The quantitative estimate of drug-likeness (QED) is 0.625. The van der Waals surface area contributed by atoms with Gasteiger partial charge in [0.2, 0.25) is 0 Å². The summed E-state index contributed by atoms with van der Waals surface area (Å²) in [5.41, 5.74) is 0.640. The third kappa shape index (κ3) is 4.56.